The lowest BCUT2D eigenvalue weighted by atomic mass is 10.2. The Labute approximate surface area is 136 Å². The molecule has 2 aromatic rings. The molecule has 1 aliphatic heterocycles. The minimum absolute atomic E-state index is 0.00429. The van der Waals surface area contributed by atoms with E-state index in [2.05, 4.69) is 0 Å². The smallest absolute Gasteiger partial charge is 0.298 e. The largest absolute Gasteiger partial charge is 0.508 e. The molecule has 0 bridgehead atoms. The molecule has 4 nitrogen and oxygen atoms in total. The van der Waals surface area contributed by atoms with Crippen molar-refractivity contribution in [1.82, 2.24) is 0 Å². The lowest BCUT2D eigenvalue weighted by Crippen LogP contribution is -2.27. The van der Waals surface area contributed by atoms with Crippen molar-refractivity contribution >= 4 is 46.3 Å². The molecule has 1 heterocycles. The van der Waals surface area contributed by atoms with E-state index in [0.29, 0.717) is 15.6 Å². The maximum atomic E-state index is 12.4. The minimum Gasteiger partial charge on any atom is -0.508 e. The van der Waals surface area contributed by atoms with Crippen molar-refractivity contribution in [2.45, 2.75) is 0 Å². The van der Waals surface area contributed by atoms with Crippen molar-refractivity contribution in [2.75, 3.05) is 4.90 Å². The van der Waals surface area contributed by atoms with E-state index in [1.165, 1.54) is 12.1 Å². The summed E-state index contributed by atoms with van der Waals surface area (Å²) in [4.78, 5) is 25.9. The Kier molecular flexibility index (Phi) is 3.92. The summed E-state index contributed by atoms with van der Waals surface area (Å²) in [6.45, 7) is 0. The van der Waals surface area contributed by atoms with E-state index < -0.39 is 11.1 Å². The number of anilines is 1. The summed E-state index contributed by atoms with van der Waals surface area (Å²) in [7, 11) is 0. The molecule has 0 atom stereocenters. The van der Waals surface area contributed by atoms with Gasteiger partial charge in [-0.05, 0) is 47.7 Å². The van der Waals surface area contributed by atoms with Gasteiger partial charge in [-0.25, -0.2) is 4.90 Å². The van der Waals surface area contributed by atoms with E-state index in [0.717, 1.165) is 22.2 Å². The average Bonchev–Trinajstić information content (AvgIpc) is 2.73. The number of aromatic hydroxyl groups is 1. The number of benzene rings is 2. The lowest BCUT2D eigenvalue weighted by Gasteiger charge is -2.12. The summed E-state index contributed by atoms with van der Waals surface area (Å²) in [5, 5.41) is 9.65. The van der Waals surface area contributed by atoms with Crippen LogP contribution in [0.2, 0.25) is 5.02 Å². The van der Waals surface area contributed by atoms with E-state index in [-0.39, 0.29) is 5.75 Å². The van der Waals surface area contributed by atoms with Gasteiger partial charge < -0.3 is 5.11 Å². The predicted octanol–water partition coefficient (Wildman–Crippen LogP) is 4.29. The molecule has 1 fully saturated rings. The zero-order chi connectivity index (χ0) is 15.7. The van der Waals surface area contributed by atoms with Crippen LogP contribution in [0.25, 0.3) is 6.08 Å². The van der Waals surface area contributed by atoms with Crippen molar-refractivity contribution in [1.29, 1.82) is 0 Å². The zero-order valence-corrected chi connectivity index (χ0v) is 12.8. The number of halogens is 1. The molecule has 2 amide bonds. The van der Waals surface area contributed by atoms with Gasteiger partial charge >= 0.3 is 0 Å². The molecule has 0 aliphatic carbocycles. The van der Waals surface area contributed by atoms with Gasteiger partial charge in [-0.15, -0.1) is 0 Å². The van der Waals surface area contributed by atoms with Gasteiger partial charge in [0.15, 0.2) is 0 Å². The fraction of sp³-hybridized carbons (Fsp3) is 0. The maximum absolute atomic E-state index is 12.4. The molecule has 22 heavy (non-hydrogen) atoms. The van der Waals surface area contributed by atoms with Gasteiger partial charge in [0.05, 0.1) is 10.6 Å². The van der Waals surface area contributed by atoms with Crippen LogP contribution in [0.5, 0.6) is 5.75 Å². The zero-order valence-electron chi connectivity index (χ0n) is 11.2. The predicted molar refractivity (Wildman–Crippen MR) is 88.0 cm³/mol. The number of rotatable bonds is 2. The molecular weight excluding hydrogens is 322 g/mol. The number of phenols is 1. The van der Waals surface area contributed by atoms with Gasteiger partial charge in [-0.2, -0.15) is 0 Å². The topological polar surface area (TPSA) is 57.6 Å². The number of imide groups is 1. The molecule has 1 saturated heterocycles. The summed E-state index contributed by atoms with van der Waals surface area (Å²) < 4.78 is 0. The van der Waals surface area contributed by atoms with Crippen LogP contribution in [-0.2, 0) is 4.79 Å². The summed E-state index contributed by atoms with van der Waals surface area (Å²) in [6, 6.07) is 13.0. The Morgan fingerprint density at radius 2 is 1.86 bits per heavy atom. The summed E-state index contributed by atoms with van der Waals surface area (Å²) in [5.74, 6) is -0.420. The third-order valence-electron chi connectivity index (χ3n) is 3.03. The molecule has 0 radical (unpaired) electrons. The van der Waals surface area contributed by atoms with Crippen LogP contribution in [0.4, 0.5) is 10.5 Å². The SMILES string of the molecule is O=C1SC(=Cc2cccc(Cl)c2)C(=O)N1c1cccc(O)c1. The van der Waals surface area contributed by atoms with Crippen LogP contribution in [0, 0.1) is 0 Å². The molecule has 0 aromatic heterocycles. The number of nitrogens with zero attached hydrogens (tertiary/aromatic N) is 1. The monoisotopic (exact) mass is 331 g/mol. The molecular formula is C16H10ClNO3S. The molecule has 2 aromatic carbocycles. The number of hydrogen-bond acceptors (Lipinski definition) is 4. The molecule has 0 saturated carbocycles. The first-order valence-electron chi connectivity index (χ1n) is 6.37. The fourth-order valence-corrected chi connectivity index (χ4v) is 3.11. The van der Waals surface area contributed by atoms with Gasteiger partial charge in [0.1, 0.15) is 5.75 Å². The van der Waals surface area contributed by atoms with E-state index in [1.807, 2.05) is 0 Å². The Morgan fingerprint density at radius 1 is 1.09 bits per heavy atom. The highest BCUT2D eigenvalue weighted by Crippen LogP contribution is 2.36. The molecule has 1 aliphatic rings. The molecule has 6 heteroatoms. The van der Waals surface area contributed by atoms with Crippen molar-refractivity contribution in [3.05, 3.63) is 64.0 Å². The van der Waals surface area contributed by atoms with Crippen molar-refractivity contribution in [2.24, 2.45) is 0 Å². The molecule has 0 spiro atoms. The number of amides is 2. The third-order valence-corrected chi connectivity index (χ3v) is 4.13. The highest BCUT2D eigenvalue weighted by atomic mass is 35.5. The second kappa shape index (κ2) is 5.87. The van der Waals surface area contributed by atoms with E-state index in [9.17, 15) is 14.7 Å². The van der Waals surface area contributed by atoms with Crippen LogP contribution in [0.1, 0.15) is 5.56 Å². The standard InChI is InChI=1S/C16H10ClNO3S/c17-11-4-1-3-10(7-11)8-14-15(20)18(16(21)22-14)12-5-2-6-13(19)9-12/h1-9,19H. The first kappa shape index (κ1) is 14.7. The first-order chi connectivity index (χ1) is 10.5. The Bertz CT molecular complexity index is 803. The van der Waals surface area contributed by atoms with Crippen molar-refractivity contribution < 1.29 is 14.7 Å². The summed E-state index contributed by atoms with van der Waals surface area (Å²) in [6.07, 6.45) is 1.62. The first-order valence-corrected chi connectivity index (χ1v) is 7.56. The molecule has 3 rings (SSSR count). The van der Waals surface area contributed by atoms with Gasteiger partial charge in [0.25, 0.3) is 11.1 Å². The Morgan fingerprint density at radius 3 is 2.59 bits per heavy atom. The maximum Gasteiger partial charge on any atom is 0.298 e. The molecule has 110 valence electrons. The summed E-state index contributed by atoms with van der Waals surface area (Å²) in [5.41, 5.74) is 1.09. The highest BCUT2D eigenvalue weighted by Gasteiger charge is 2.36. The van der Waals surface area contributed by atoms with E-state index in [1.54, 1.807) is 42.5 Å². The normalized spacial score (nSPS) is 16.6. The van der Waals surface area contributed by atoms with Crippen LogP contribution in [0.15, 0.2) is 53.4 Å². The quantitative estimate of drug-likeness (QED) is 0.834. The summed E-state index contributed by atoms with van der Waals surface area (Å²) >= 11 is 6.77. The number of carbonyl (C=O) groups is 2. The minimum atomic E-state index is -0.416. The van der Waals surface area contributed by atoms with Crippen LogP contribution in [0.3, 0.4) is 0 Å². The van der Waals surface area contributed by atoms with Crippen LogP contribution in [-0.4, -0.2) is 16.3 Å². The van der Waals surface area contributed by atoms with Gasteiger partial charge in [-0.3, -0.25) is 9.59 Å². The fourth-order valence-electron chi connectivity index (χ4n) is 2.07. The average molecular weight is 332 g/mol. The van der Waals surface area contributed by atoms with Crippen molar-refractivity contribution in [3.8, 4) is 5.75 Å². The second-order valence-corrected chi connectivity index (χ2v) is 6.02. The molecule has 1 N–H and O–H groups in total. The van der Waals surface area contributed by atoms with Gasteiger partial charge in [0, 0.05) is 11.1 Å². The Hall–Kier alpha value is -2.24. The van der Waals surface area contributed by atoms with Crippen molar-refractivity contribution in [3.63, 3.8) is 0 Å². The third kappa shape index (κ3) is 2.86. The Balaban J connectivity index is 1.95. The number of hydrogen-bond donors (Lipinski definition) is 1. The molecule has 0 unspecified atom stereocenters. The highest BCUT2D eigenvalue weighted by molar-refractivity contribution is 8.19. The lowest BCUT2D eigenvalue weighted by molar-refractivity contribution is -0.113. The second-order valence-electron chi connectivity index (χ2n) is 4.59. The van der Waals surface area contributed by atoms with Gasteiger partial charge in [-0.1, -0.05) is 29.8 Å². The van der Waals surface area contributed by atoms with E-state index in [4.69, 9.17) is 11.6 Å². The van der Waals surface area contributed by atoms with Crippen LogP contribution < -0.4 is 4.90 Å². The number of carbonyl (C=O) groups excluding carboxylic acids is 2. The van der Waals surface area contributed by atoms with Crippen LogP contribution >= 0.6 is 23.4 Å². The van der Waals surface area contributed by atoms with E-state index >= 15 is 0 Å². The van der Waals surface area contributed by atoms with Gasteiger partial charge in [0.2, 0.25) is 0 Å². The number of thioether (sulfide) groups is 1. The number of phenolic OH excluding ortho intramolecular Hbond substituents is 1.